The molecule has 0 aliphatic rings. The van der Waals surface area contributed by atoms with E-state index in [0.717, 1.165) is 5.56 Å². The van der Waals surface area contributed by atoms with Crippen LogP contribution in [0.5, 0.6) is 5.88 Å². The first-order chi connectivity index (χ1) is 8.24. The van der Waals surface area contributed by atoms with Crippen molar-refractivity contribution in [2.75, 3.05) is 12.8 Å². The van der Waals surface area contributed by atoms with Crippen molar-refractivity contribution in [2.24, 2.45) is 0 Å². The zero-order valence-corrected chi connectivity index (χ0v) is 9.08. The molecule has 0 bridgehead atoms. The van der Waals surface area contributed by atoms with Crippen molar-refractivity contribution in [3.63, 3.8) is 0 Å². The van der Waals surface area contributed by atoms with Crippen molar-refractivity contribution in [1.29, 1.82) is 5.26 Å². The van der Waals surface area contributed by atoms with Crippen molar-refractivity contribution in [1.82, 2.24) is 15.0 Å². The Balaban J connectivity index is 2.43. The Morgan fingerprint density at radius 3 is 2.71 bits per heavy atom. The van der Waals surface area contributed by atoms with Gasteiger partial charge in [-0.2, -0.15) is 5.26 Å². The van der Waals surface area contributed by atoms with Crippen molar-refractivity contribution in [3.05, 3.63) is 30.2 Å². The van der Waals surface area contributed by atoms with Gasteiger partial charge >= 0.3 is 0 Å². The molecule has 0 fully saturated rings. The standard InChI is InChI=1S/C11H9N5O/c1-17-10-3-2-7(5-14-10)9-6-15-11(13)8(4-12)16-9/h2-3,5-6H,1H3,(H2,13,15). The predicted octanol–water partition coefficient (Wildman–Crippen LogP) is 1.00. The molecule has 0 aliphatic carbocycles. The molecule has 6 nitrogen and oxygen atoms in total. The summed E-state index contributed by atoms with van der Waals surface area (Å²) in [5.74, 6) is 0.635. The van der Waals surface area contributed by atoms with E-state index in [1.807, 2.05) is 6.07 Å². The molecule has 2 aromatic rings. The van der Waals surface area contributed by atoms with E-state index < -0.39 is 0 Å². The summed E-state index contributed by atoms with van der Waals surface area (Å²) in [4.78, 5) is 12.0. The summed E-state index contributed by atoms with van der Waals surface area (Å²) in [6.45, 7) is 0. The van der Waals surface area contributed by atoms with Crippen LogP contribution in [0.4, 0.5) is 5.82 Å². The van der Waals surface area contributed by atoms with Gasteiger partial charge in [0.15, 0.2) is 11.5 Å². The Hall–Kier alpha value is -2.68. The van der Waals surface area contributed by atoms with Crippen LogP contribution in [-0.2, 0) is 0 Å². The maximum atomic E-state index is 8.80. The van der Waals surface area contributed by atoms with Gasteiger partial charge < -0.3 is 10.5 Å². The lowest BCUT2D eigenvalue weighted by atomic mass is 10.2. The van der Waals surface area contributed by atoms with Gasteiger partial charge in [0.2, 0.25) is 5.88 Å². The molecule has 0 saturated heterocycles. The van der Waals surface area contributed by atoms with Crippen LogP contribution in [0.15, 0.2) is 24.5 Å². The Morgan fingerprint density at radius 2 is 2.12 bits per heavy atom. The number of ether oxygens (including phenoxy) is 1. The molecule has 0 aliphatic heterocycles. The highest BCUT2D eigenvalue weighted by Crippen LogP contribution is 2.18. The second-order valence-electron chi connectivity index (χ2n) is 3.19. The molecule has 0 radical (unpaired) electrons. The highest BCUT2D eigenvalue weighted by Gasteiger charge is 2.06. The summed E-state index contributed by atoms with van der Waals surface area (Å²) in [5.41, 5.74) is 6.89. The molecule has 0 saturated carbocycles. The van der Waals surface area contributed by atoms with Gasteiger partial charge in [-0.1, -0.05) is 0 Å². The molecular formula is C11H9N5O. The number of nitrogens with zero attached hydrogens (tertiary/aromatic N) is 4. The molecule has 2 aromatic heterocycles. The van der Waals surface area contributed by atoms with Crippen LogP contribution in [-0.4, -0.2) is 22.1 Å². The zero-order valence-electron chi connectivity index (χ0n) is 9.08. The van der Waals surface area contributed by atoms with E-state index in [1.54, 1.807) is 25.4 Å². The molecule has 17 heavy (non-hydrogen) atoms. The van der Waals surface area contributed by atoms with E-state index in [9.17, 15) is 0 Å². The van der Waals surface area contributed by atoms with Gasteiger partial charge in [0.05, 0.1) is 19.0 Å². The third-order valence-corrected chi connectivity index (χ3v) is 2.15. The Bertz CT molecular complexity index is 573. The highest BCUT2D eigenvalue weighted by atomic mass is 16.5. The molecule has 84 valence electrons. The number of aromatic nitrogens is 3. The average molecular weight is 227 g/mol. The first-order valence-corrected chi connectivity index (χ1v) is 4.77. The zero-order chi connectivity index (χ0) is 12.3. The molecule has 0 spiro atoms. The van der Waals surface area contributed by atoms with Crippen LogP contribution in [0, 0.1) is 11.3 Å². The second kappa shape index (κ2) is 4.45. The number of rotatable bonds is 2. The van der Waals surface area contributed by atoms with Crippen LogP contribution in [0.25, 0.3) is 11.3 Å². The van der Waals surface area contributed by atoms with Crippen LogP contribution in [0.1, 0.15) is 5.69 Å². The van der Waals surface area contributed by atoms with E-state index in [1.165, 1.54) is 6.20 Å². The molecule has 6 heteroatoms. The van der Waals surface area contributed by atoms with Gasteiger partial charge in [0.25, 0.3) is 0 Å². The number of anilines is 1. The number of nitrogens with two attached hydrogens (primary N) is 1. The van der Waals surface area contributed by atoms with Gasteiger partial charge in [-0.15, -0.1) is 0 Å². The topological polar surface area (TPSA) is 97.7 Å². The fraction of sp³-hybridized carbons (Fsp3) is 0.0909. The SMILES string of the molecule is COc1ccc(-c2cnc(N)c(C#N)n2)cn1. The number of nitriles is 1. The van der Waals surface area contributed by atoms with Gasteiger partial charge in [0.1, 0.15) is 6.07 Å². The molecule has 0 aromatic carbocycles. The summed E-state index contributed by atoms with van der Waals surface area (Å²) in [6.07, 6.45) is 3.10. The molecule has 0 unspecified atom stereocenters. The second-order valence-corrected chi connectivity index (χ2v) is 3.19. The maximum Gasteiger partial charge on any atom is 0.212 e. The molecule has 2 heterocycles. The minimum absolute atomic E-state index is 0.110. The predicted molar refractivity (Wildman–Crippen MR) is 60.9 cm³/mol. The van der Waals surface area contributed by atoms with E-state index in [2.05, 4.69) is 15.0 Å². The highest BCUT2D eigenvalue weighted by molar-refractivity contribution is 5.60. The van der Waals surface area contributed by atoms with Crippen molar-refractivity contribution >= 4 is 5.82 Å². The Kier molecular flexibility index (Phi) is 2.83. The molecule has 0 atom stereocenters. The van der Waals surface area contributed by atoms with Gasteiger partial charge in [-0.05, 0) is 6.07 Å². The van der Waals surface area contributed by atoms with Crippen LogP contribution >= 0.6 is 0 Å². The monoisotopic (exact) mass is 227 g/mol. The summed E-state index contributed by atoms with van der Waals surface area (Å²) in [7, 11) is 1.54. The van der Waals surface area contributed by atoms with Gasteiger partial charge in [-0.25, -0.2) is 15.0 Å². The largest absolute Gasteiger partial charge is 0.481 e. The molecule has 2 N–H and O–H groups in total. The van der Waals surface area contributed by atoms with E-state index in [-0.39, 0.29) is 11.5 Å². The van der Waals surface area contributed by atoms with Crippen LogP contribution < -0.4 is 10.5 Å². The normalized spacial score (nSPS) is 9.65. The first kappa shape index (κ1) is 10.8. The van der Waals surface area contributed by atoms with Crippen molar-refractivity contribution in [3.8, 4) is 23.2 Å². The lowest BCUT2D eigenvalue weighted by Gasteiger charge is -2.03. The fourth-order valence-electron chi connectivity index (χ4n) is 1.27. The van der Waals surface area contributed by atoms with E-state index >= 15 is 0 Å². The number of hydrogen-bond acceptors (Lipinski definition) is 6. The number of methoxy groups -OCH3 is 1. The number of nitrogen functional groups attached to an aromatic ring is 1. The fourth-order valence-corrected chi connectivity index (χ4v) is 1.27. The number of hydrogen-bond donors (Lipinski definition) is 1. The van der Waals surface area contributed by atoms with Gasteiger partial charge in [-0.3, -0.25) is 0 Å². The Morgan fingerprint density at radius 1 is 1.29 bits per heavy atom. The molecular weight excluding hydrogens is 218 g/mol. The van der Waals surface area contributed by atoms with Crippen molar-refractivity contribution < 1.29 is 4.74 Å². The number of pyridine rings is 1. The summed E-state index contributed by atoms with van der Waals surface area (Å²) >= 11 is 0. The lowest BCUT2D eigenvalue weighted by molar-refractivity contribution is 0.398. The third-order valence-electron chi connectivity index (χ3n) is 2.15. The van der Waals surface area contributed by atoms with E-state index in [0.29, 0.717) is 11.6 Å². The molecule has 0 amide bonds. The maximum absolute atomic E-state index is 8.80. The van der Waals surface area contributed by atoms with Gasteiger partial charge in [0, 0.05) is 17.8 Å². The van der Waals surface area contributed by atoms with Crippen LogP contribution in [0.3, 0.4) is 0 Å². The quantitative estimate of drug-likeness (QED) is 0.821. The Labute approximate surface area is 97.7 Å². The van der Waals surface area contributed by atoms with Crippen LogP contribution in [0.2, 0.25) is 0 Å². The smallest absolute Gasteiger partial charge is 0.212 e. The lowest BCUT2D eigenvalue weighted by Crippen LogP contribution is -1.99. The molecule has 2 rings (SSSR count). The first-order valence-electron chi connectivity index (χ1n) is 4.77. The summed E-state index contributed by atoms with van der Waals surface area (Å²) < 4.78 is 4.95. The average Bonchev–Trinajstić information content (AvgIpc) is 2.39. The minimum atomic E-state index is 0.110. The summed E-state index contributed by atoms with van der Waals surface area (Å²) in [6, 6.07) is 5.38. The van der Waals surface area contributed by atoms with E-state index in [4.69, 9.17) is 15.7 Å². The van der Waals surface area contributed by atoms with Crippen molar-refractivity contribution in [2.45, 2.75) is 0 Å². The third kappa shape index (κ3) is 2.13. The minimum Gasteiger partial charge on any atom is -0.481 e. The summed E-state index contributed by atoms with van der Waals surface area (Å²) in [5, 5.41) is 8.80.